The Labute approximate surface area is 113 Å². The summed E-state index contributed by atoms with van der Waals surface area (Å²) in [5, 5.41) is 11.8. The number of aromatic amines is 1. The van der Waals surface area contributed by atoms with Crippen LogP contribution in [0.2, 0.25) is 0 Å². The third kappa shape index (κ3) is 2.12. The van der Waals surface area contributed by atoms with Crippen LogP contribution in [0.4, 0.5) is 21.7 Å². The van der Waals surface area contributed by atoms with Gasteiger partial charge in [-0.3, -0.25) is 0 Å². The van der Waals surface area contributed by atoms with Gasteiger partial charge in [-0.05, 0) is 36.4 Å². The fourth-order valence-electron chi connectivity index (χ4n) is 1.91. The monoisotopic (exact) mass is 267 g/mol. The summed E-state index contributed by atoms with van der Waals surface area (Å²) in [6, 6.07) is 11.3. The lowest BCUT2D eigenvalue weighted by Crippen LogP contribution is -1.94. The number of imidazole rings is 1. The van der Waals surface area contributed by atoms with Crippen LogP contribution >= 0.6 is 0 Å². The van der Waals surface area contributed by atoms with Crippen molar-refractivity contribution in [1.29, 1.82) is 5.26 Å². The molecular formula is C14H10FN5. The van der Waals surface area contributed by atoms with Gasteiger partial charge in [0.2, 0.25) is 5.95 Å². The molecule has 1 heterocycles. The van der Waals surface area contributed by atoms with Crippen molar-refractivity contribution in [3.63, 3.8) is 0 Å². The summed E-state index contributed by atoms with van der Waals surface area (Å²) in [7, 11) is 0. The van der Waals surface area contributed by atoms with E-state index < -0.39 is 5.82 Å². The van der Waals surface area contributed by atoms with Gasteiger partial charge in [-0.25, -0.2) is 9.37 Å². The number of hydrogen-bond acceptors (Lipinski definition) is 4. The molecule has 98 valence electrons. The van der Waals surface area contributed by atoms with E-state index in [0.717, 1.165) is 11.0 Å². The number of aromatic nitrogens is 2. The maximum Gasteiger partial charge on any atom is 0.205 e. The summed E-state index contributed by atoms with van der Waals surface area (Å²) in [6.45, 7) is 0. The number of H-pyrrole nitrogens is 1. The van der Waals surface area contributed by atoms with Gasteiger partial charge in [-0.2, -0.15) is 5.26 Å². The SMILES string of the molecule is N#Cc1cc(Nc2nc3ccc(N)cc3[nH]2)ccc1F. The predicted molar refractivity (Wildman–Crippen MR) is 74.9 cm³/mol. The van der Waals surface area contributed by atoms with E-state index in [9.17, 15) is 4.39 Å². The lowest BCUT2D eigenvalue weighted by Gasteiger charge is -2.03. The molecule has 0 aliphatic heterocycles. The summed E-state index contributed by atoms with van der Waals surface area (Å²) in [4.78, 5) is 7.39. The zero-order valence-corrected chi connectivity index (χ0v) is 10.3. The normalized spacial score (nSPS) is 10.4. The predicted octanol–water partition coefficient (Wildman–Crippen LogP) is 2.90. The van der Waals surface area contributed by atoms with Crippen molar-refractivity contribution in [2.75, 3.05) is 11.1 Å². The van der Waals surface area contributed by atoms with E-state index >= 15 is 0 Å². The van der Waals surface area contributed by atoms with Crippen LogP contribution in [0.3, 0.4) is 0 Å². The van der Waals surface area contributed by atoms with Crippen LogP contribution in [0, 0.1) is 17.1 Å². The summed E-state index contributed by atoms with van der Waals surface area (Å²) >= 11 is 0. The minimum absolute atomic E-state index is 0.0182. The lowest BCUT2D eigenvalue weighted by atomic mass is 10.2. The van der Waals surface area contributed by atoms with Crippen LogP contribution in [0.1, 0.15) is 5.56 Å². The molecule has 0 bridgehead atoms. The first-order chi connectivity index (χ1) is 9.65. The molecule has 1 aromatic heterocycles. The third-order valence-corrected chi connectivity index (χ3v) is 2.86. The van der Waals surface area contributed by atoms with Gasteiger partial charge in [0.05, 0.1) is 16.6 Å². The first-order valence-electron chi connectivity index (χ1n) is 5.87. The van der Waals surface area contributed by atoms with E-state index in [1.54, 1.807) is 24.3 Å². The van der Waals surface area contributed by atoms with Crippen LogP contribution in [0.25, 0.3) is 11.0 Å². The van der Waals surface area contributed by atoms with Crippen LogP contribution in [0.5, 0.6) is 0 Å². The molecule has 0 saturated heterocycles. The fraction of sp³-hybridized carbons (Fsp3) is 0. The highest BCUT2D eigenvalue weighted by Crippen LogP contribution is 2.21. The zero-order valence-electron chi connectivity index (χ0n) is 10.3. The van der Waals surface area contributed by atoms with Crippen molar-refractivity contribution in [3.8, 4) is 6.07 Å². The largest absolute Gasteiger partial charge is 0.399 e. The lowest BCUT2D eigenvalue weighted by molar-refractivity contribution is 0.624. The molecule has 6 heteroatoms. The minimum atomic E-state index is -0.546. The molecule has 0 amide bonds. The molecular weight excluding hydrogens is 257 g/mol. The molecule has 0 spiro atoms. The van der Waals surface area contributed by atoms with Crippen molar-refractivity contribution in [2.45, 2.75) is 0 Å². The molecule has 0 fully saturated rings. The Morgan fingerprint density at radius 2 is 2.10 bits per heavy atom. The van der Waals surface area contributed by atoms with Crippen molar-refractivity contribution >= 4 is 28.4 Å². The molecule has 0 unspecified atom stereocenters. The van der Waals surface area contributed by atoms with Gasteiger partial charge in [0.15, 0.2) is 0 Å². The number of nitrogens with two attached hydrogens (primary N) is 1. The number of fused-ring (bicyclic) bond motifs is 1. The second-order valence-corrected chi connectivity index (χ2v) is 4.29. The Morgan fingerprint density at radius 3 is 2.90 bits per heavy atom. The smallest absolute Gasteiger partial charge is 0.205 e. The molecule has 3 rings (SSSR count). The van der Waals surface area contributed by atoms with E-state index in [1.807, 2.05) is 0 Å². The molecule has 20 heavy (non-hydrogen) atoms. The second kappa shape index (κ2) is 4.55. The Hall–Kier alpha value is -3.07. The Bertz CT molecular complexity index is 831. The van der Waals surface area contributed by atoms with Crippen LogP contribution in [0.15, 0.2) is 36.4 Å². The van der Waals surface area contributed by atoms with Gasteiger partial charge in [-0.15, -0.1) is 0 Å². The number of nitriles is 1. The van der Waals surface area contributed by atoms with Crippen molar-refractivity contribution < 1.29 is 4.39 Å². The zero-order chi connectivity index (χ0) is 14.1. The maximum atomic E-state index is 13.2. The van der Waals surface area contributed by atoms with Crippen molar-refractivity contribution in [2.24, 2.45) is 0 Å². The molecule has 3 aromatic rings. The summed E-state index contributed by atoms with van der Waals surface area (Å²) in [5.74, 6) is -0.0449. The second-order valence-electron chi connectivity index (χ2n) is 4.29. The van der Waals surface area contributed by atoms with Crippen LogP contribution < -0.4 is 11.1 Å². The van der Waals surface area contributed by atoms with E-state index in [-0.39, 0.29) is 5.56 Å². The number of nitrogens with zero attached hydrogens (tertiary/aromatic N) is 2. The van der Waals surface area contributed by atoms with Gasteiger partial charge in [0.25, 0.3) is 0 Å². The highest BCUT2D eigenvalue weighted by Gasteiger charge is 2.06. The Balaban J connectivity index is 1.95. The molecule has 4 N–H and O–H groups in total. The first kappa shape index (κ1) is 12.0. The number of nitrogen functional groups attached to an aromatic ring is 1. The summed E-state index contributed by atoms with van der Waals surface area (Å²) < 4.78 is 13.2. The number of nitrogens with one attached hydrogen (secondary N) is 2. The molecule has 5 nitrogen and oxygen atoms in total. The highest BCUT2D eigenvalue weighted by molar-refractivity contribution is 5.81. The van der Waals surface area contributed by atoms with Crippen molar-refractivity contribution in [1.82, 2.24) is 9.97 Å². The molecule has 0 aliphatic rings. The Morgan fingerprint density at radius 1 is 1.25 bits per heavy atom. The Kier molecular flexibility index (Phi) is 2.73. The highest BCUT2D eigenvalue weighted by atomic mass is 19.1. The minimum Gasteiger partial charge on any atom is -0.399 e. The maximum absolute atomic E-state index is 13.2. The average molecular weight is 267 g/mol. The van der Waals surface area contributed by atoms with E-state index in [0.29, 0.717) is 17.3 Å². The average Bonchev–Trinajstić information content (AvgIpc) is 2.82. The first-order valence-corrected chi connectivity index (χ1v) is 5.87. The van der Waals surface area contributed by atoms with E-state index in [2.05, 4.69) is 15.3 Å². The van der Waals surface area contributed by atoms with Gasteiger partial charge >= 0.3 is 0 Å². The van der Waals surface area contributed by atoms with Gasteiger partial charge in [0, 0.05) is 11.4 Å². The number of benzene rings is 2. The summed E-state index contributed by atoms with van der Waals surface area (Å²) in [5.41, 5.74) is 8.46. The topological polar surface area (TPSA) is 90.5 Å². The molecule has 2 aromatic carbocycles. The molecule has 0 saturated carbocycles. The molecule has 0 aliphatic carbocycles. The number of anilines is 3. The van der Waals surface area contributed by atoms with Gasteiger partial charge in [0.1, 0.15) is 11.9 Å². The standard InChI is InChI=1S/C14H10FN5/c15-11-3-2-10(5-8(11)7-16)18-14-19-12-4-1-9(17)6-13(12)20-14/h1-6H,17H2,(H2,18,19,20). The molecule has 0 atom stereocenters. The van der Waals surface area contributed by atoms with Gasteiger partial charge in [-0.1, -0.05) is 0 Å². The third-order valence-electron chi connectivity index (χ3n) is 2.86. The van der Waals surface area contributed by atoms with Crippen LogP contribution in [-0.4, -0.2) is 9.97 Å². The number of halogens is 1. The van der Waals surface area contributed by atoms with Crippen molar-refractivity contribution in [3.05, 3.63) is 47.8 Å². The van der Waals surface area contributed by atoms with Gasteiger partial charge < -0.3 is 16.0 Å². The number of hydrogen-bond donors (Lipinski definition) is 3. The van der Waals surface area contributed by atoms with E-state index in [1.165, 1.54) is 18.2 Å². The summed E-state index contributed by atoms with van der Waals surface area (Å²) in [6.07, 6.45) is 0. The quantitative estimate of drug-likeness (QED) is 0.623. The fourth-order valence-corrected chi connectivity index (χ4v) is 1.91. The molecule has 0 radical (unpaired) electrons. The van der Waals surface area contributed by atoms with E-state index in [4.69, 9.17) is 11.0 Å². The van der Waals surface area contributed by atoms with Crippen LogP contribution in [-0.2, 0) is 0 Å². The number of rotatable bonds is 2.